The highest BCUT2D eigenvalue weighted by molar-refractivity contribution is 6.51. The predicted octanol–water partition coefficient (Wildman–Crippen LogP) is 5.09. The average molecular weight is 447 g/mol. The summed E-state index contributed by atoms with van der Waals surface area (Å²) >= 11 is 0. The van der Waals surface area contributed by atoms with Gasteiger partial charge in [-0.05, 0) is 74.0 Å². The van der Waals surface area contributed by atoms with E-state index in [1.807, 2.05) is 13.8 Å². The number of benzene rings is 2. The first-order valence-electron chi connectivity index (χ1n) is 10.9. The van der Waals surface area contributed by atoms with Gasteiger partial charge >= 0.3 is 0 Å². The monoisotopic (exact) mass is 447 g/mol. The van der Waals surface area contributed by atoms with Crippen molar-refractivity contribution in [3.8, 4) is 11.5 Å². The molecular formula is C26H25NO6. The van der Waals surface area contributed by atoms with E-state index in [2.05, 4.69) is 0 Å². The van der Waals surface area contributed by atoms with E-state index < -0.39 is 17.7 Å². The lowest BCUT2D eigenvalue weighted by Gasteiger charge is -2.23. The van der Waals surface area contributed by atoms with Crippen molar-refractivity contribution in [3.05, 3.63) is 83.8 Å². The van der Waals surface area contributed by atoms with Crippen molar-refractivity contribution in [1.82, 2.24) is 0 Å². The first-order valence-corrected chi connectivity index (χ1v) is 10.9. The van der Waals surface area contributed by atoms with Gasteiger partial charge in [0, 0.05) is 11.3 Å². The largest absolute Gasteiger partial charge is 0.507 e. The molecule has 1 unspecified atom stereocenters. The maximum Gasteiger partial charge on any atom is 0.300 e. The number of anilines is 1. The summed E-state index contributed by atoms with van der Waals surface area (Å²) in [6, 6.07) is 16.0. The predicted molar refractivity (Wildman–Crippen MR) is 123 cm³/mol. The molecule has 1 aliphatic rings. The molecule has 4 rings (SSSR count). The molecule has 170 valence electrons. The molecule has 1 atom stereocenters. The van der Waals surface area contributed by atoms with Gasteiger partial charge in [0.1, 0.15) is 29.1 Å². The summed E-state index contributed by atoms with van der Waals surface area (Å²) in [4.78, 5) is 27.5. The number of hydrogen-bond acceptors (Lipinski definition) is 6. The maximum atomic E-state index is 13.1. The molecule has 2 heterocycles. The fourth-order valence-electron chi connectivity index (χ4n) is 3.77. The van der Waals surface area contributed by atoms with E-state index in [0.717, 1.165) is 6.42 Å². The molecule has 0 spiro atoms. The number of carbonyl (C=O) groups is 2. The van der Waals surface area contributed by atoms with Crippen molar-refractivity contribution in [3.63, 3.8) is 0 Å². The zero-order chi connectivity index (χ0) is 23.4. The van der Waals surface area contributed by atoms with Gasteiger partial charge in [-0.1, -0.05) is 6.92 Å². The molecule has 3 aromatic rings. The zero-order valence-corrected chi connectivity index (χ0v) is 18.5. The SMILES string of the molecule is CCCOc1ccc(/C(O)=C2/C(=O)C(=O)N(c3ccc(OCC)cc3)C2c2ccco2)cc1. The number of ketones is 1. The van der Waals surface area contributed by atoms with Gasteiger partial charge in [-0.25, -0.2) is 0 Å². The summed E-state index contributed by atoms with van der Waals surface area (Å²) in [6.45, 7) is 4.99. The molecule has 1 saturated heterocycles. The molecular weight excluding hydrogens is 422 g/mol. The summed E-state index contributed by atoms with van der Waals surface area (Å²) in [6.07, 6.45) is 2.34. The van der Waals surface area contributed by atoms with E-state index >= 15 is 0 Å². The minimum atomic E-state index is -0.908. The van der Waals surface area contributed by atoms with Gasteiger partial charge in [-0.15, -0.1) is 0 Å². The van der Waals surface area contributed by atoms with Crippen LogP contribution in [0.5, 0.6) is 11.5 Å². The molecule has 7 heteroatoms. The Morgan fingerprint density at radius 3 is 2.24 bits per heavy atom. The second-order valence-corrected chi connectivity index (χ2v) is 7.48. The number of furan rings is 1. The van der Waals surface area contributed by atoms with Crippen molar-refractivity contribution in [2.45, 2.75) is 26.3 Å². The van der Waals surface area contributed by atoms with Crippen molar-refractivity contribution >= 4 is 23.1 Å². The van der Waals surface area contributed by atoms with Gasteiger partial charge in [-0.2, -0.15) is 0 Å². The van der Waals surface area contributed by atoms with Crippen molar-refractivity contribution in [2.75, 3.05) is 18.1 Å². The van der Waals surface area contributed by atoms with Crippen molar-refractivity contribution < 1.29 is 28.6 Å². The zero-order valence-electron chi connectivity index (χ0n) is 18.5. The van der Waals surface area contributed by atoms with Crippen LogP contribution in [0, 0.1) is 0 Å². The van der Waals surface area contributed by atoms with Gasteiger partial charge in [0.05, 0.1) is 25.1 Å². The summed E-state index contributed by atoms with van der Waals surface area (Å²) in [5, 5.41) is 11.1. The van der Waals surface area contributed by atoms with Crippen molar-refractivity contribution in [2.24, 2.45) is 0 Å². The van der Waals surface area contributed by atoms with Gasteiger partial charge in [0.15, 0.2) is 0 Å². The number of aliphatic hydroxyl groups excluding tert-OH is 1. The van der Waals surface area contributed by atoms with Gasteiger partial charge in [-0.3, -0.25) is 14.5 Å². The van der Waals surface area contributed by atoms with Crippen LogP contribution in [0.15, 0.2) is 76.9 Å². The molecule has 1 N–H and O–H groups in total. The smallest absolute Gasteiger partial charge is 0.300 e. The van der Waals surface area contributed by atoms with E-state index in [0.29, 0.717) is 41.7 Å². The Balaban J connectivity index is 1.77. The van der Waals surface area contributed by atoms with Crippen LogP contribution >= 0.6 is 0 Å². The summed E-state index contributed by atoms with van der Waals surface area (Å²) in [5.41, 5.74) is 0.857. The second-order valence-electron chi connectivity index (χ2n) is 7.48. The van der Waals surface area contributed by atoms with Crippen LogP contribution in [0.3, 0.4) is 0 Å². The molecule has 1 fully saturated rings. The standard InChI is InChI=1S/C26H25NO6/c1-3-15-32-20-11-7-17(8-12-20)24(28)22-23(21-6-5-16-33-21)27(26(30)25(22)29)18-9-13-19(14-10-18)31-4-2/h5-14,16,23,28H,3-4,15H2,1-2H3/b24-22-. The minimum Gasteiger partial charge on any atom is -0.507 e. The Bertz CT molecular complexity index is 1150. The lowest BCUT2D eigenvalue weighted by molar-refractivity contribution is -0.132. The van der Waals surface area contributed by atoms with Crippen LogP contribution in [-0.2, 0) is 9.59 Å². The molecule has 0 saturated carbocycles. The topological polar surface area (TPSA) is 89.2 Å². The van der Waals surface area contributed by atoms with Crippen LogP contribution in [0.25, 0.3) is 5.76 Å². The Morgan fingerprint density at radius 1 is 0.970 bits per heavy atom. The lowest BCUT2D eigenvalue weighted by Crippen LogP contribution is -2.29. The third-order valence-corrected chi connectivity index (χ3v) is 5.28. The second kappa shape index (κ2) is 9.65. The molecule has 0 aliphatic carbocycles. The normalized spacial score (nSPS) is 17.4. The summed E-state index contributed by atoms with van der Waals surface area (Å²) < 4.78 is 16.6. The summed E-state index contributed by atoms with van der Waals surface area (Å²) in [7, 11) is 0. The number of aliphatic hydroxyl groups is 1. The highest BCUT2D eigenvalue weighted by Gasteiger charge is 2.48. The molecule has 1 aromatic heterocycles. The molecule has 2 aromatic carbocycles. The highest BCUT2D eigenvalue weighted by atomic mass is 16.5. The van der Waals surface area contributed by atoms with Crippen LogP contribution in [-0.4, -0.2) is 30.0 Å². The molecule has 33 heavy (non-hydrogen) atoms. The van der Waals surface area contributed by atoms with Crippen molar-refractivity contribution in [1.29, 1.82) is 0 Å². The van der Waals surface area contributed by atoms with E-state index in [9.17, 15) is 14.7 Å². The number of Topliss-reactive ketones (excluding diaryl/α,β-unsaturated/α-hetero) is 1. The quantitative estimate of drug-likeness (QED) is 0.294. The number of hydrogen-bond donors (Lipinski definition) is 1. The molecule has 7 nitrogen and oxygen atoms in total. The fourth-order valence-corrected chi connectivity index (χ4v) is 3.77. The van der Waals surface area contributed by atoms with E-state index in [-0.39, 0.29) is 11.3 Å². The molecule has 1 amide bonds. The number of ether oxygens (including phenoxy) is 2. The van der Waals surface area contributed by atoms with Crippen LogP contribution in [0.4, 0.5) is 5.69 Å². The Morgan fingerprint density at radius 2 is 1.64 bits per heavy atom. The van der Waals surface area contributed by atoms with Crippen LogP contribution < -0.4 is 14.4 Å². The number of nitrogens with zero attached hydrogens (tertiary/aromatic N) is 1. The number of carbonyl (C=O) groups excluding carboxylic acids is 2. The van der Waals surface area contributed by atoms with Crippen LogP contribution in [0.2, 0.25) is 0 Å². The lowest BCUT2D eigenvalue weighted by atomic mass is 9.99. The maximum absolute atomic E-state index is 13.1. The van der Waals surface area contributed by atoms with Crippen LogP contribution in [0.1, 0.15) is 37.6 Å². The first-order chi connectivity index (χ1) is 16.0. The Kier molecular flexibility index (Phi) is 6.49. The third-order valence-electron chi connectivity index (χ3n) is 5.28. The Hall–Kier alpha value is -4.00. The van der Waals surface area contributed by atoms with Gasteiger partial charge in [0.2, 0.25) is 0 Å². The van der Waals surface area contributed by atoms with Gasteiger partial charge < -0.3 is 19.0 Å². The van der Waals surface area contributed by atoms with Gasteiger partial charge in [0.25, 0.3) is 11.7 Å². The third kappa shape index (κ3) is 4.35. The molecule has 0 radical (unpaired) electrons. The number of rotatable bonds is 8. The van der Waals surface area contributed by atoms with E-state index in [1.54, 1.807) is 60.7 Å². The molecule has 1 aliphatic heterocycles. The fraction of sp³-hybridized carbons (Fsp3) is 0.231. The molecule has 0 bridgehead atoms. The first kappa shape index (κ1) is 22.2. The van der Waals surface area contributed by atoms with E-state index in [4.69, 9.17) is 13.9 Å². The Labute approximate surface area is 191 Å². The number of amides is 1. The van der Waals surface area contributed by atoms with E-state index in [1.165, 1.54) is 11.2 Å². The summed E-state index contributed by atoms with van der Waals surface area (Å²) in [5.74, 6) is -0.125. The highest BCUT2D eigenvalue weighted by Crippen LogP contribution is 2.42. The minimum absolute atomic E-state index is 0.0361. The average Bonchev–Trinajstić information content (AvgIpc) is 3.45.